The highest BCUT2D eigenvalue weighted by atomic mass is 79.9. The van der Waals surface area contributed by atoms with Crippen LogP contribution in [0.5, 0.6) is 0 Å². The zero-order valence-corrected chi connectivity index (χ0v) is 11.0. The van der Waals surface area contributed by atoms with E-state index in [-0.39, 0.29) is 11.8 Å². The summed E-state index contributed by atoms with van der Waals surface area (Å²) in [5.74, 6) is 0.387. The molecule has 0 aliphatic carbocycles. The van der Waals surface area contributed by atoms with E-state index < -0.39 is 0 Å². The number of nitrogens with zero attached hydrogens (tertiary/aromatic N) is 2. The Balaban J connectivity index is 2.19. The Labute approximate surface area is 108 Å². The highest BCUT2D eigenvalue weighted by Gasteiger charge is 2.25. The molecule has 5 nitrogen and oxygen atoms in total. The number of aromatic nitrogens is 1. The number of anilines is 2. The topological polar surface area (TPSA) is 85.2 Å². The van der Waals surface area contributed by atoms with Gasteiger partial charge in [-0.25, -0.2) is 4.98 Å². The van der Waals surface area contributed by atoms with Crippen molar-refractivity contribution in [2.75, 3.05) is 23.7 Å². The third kappa shape index (κ3) is 2.69. The van der Waals surface area contributed by atoms with E-state index in [0.29, 0.717) is 12.2 Å². The van der Waals surface area contributed by atoms with Gasteiger partial charge in [0.15, 0.2) is 5.82 Å². The van der Waals surface area contributed by atoms with E-state index >= 15 is 0 Å². The Morgan fingerprint density at radius 3 is 3.00 bits per heavy atom. The number of halogens is 1. The SMILES string of the molecule is NC(=O)C1CCCN(c2ncc(Br)cc2N)C1. The molecule has 1 atom stereocenters. The van der Waals surface area contributed by atoms with Crippen LogP contribution in [0.15, 0.2) is 16.7 Å². The lowest BCUT2D eigenvalue weighted by molar-refractivity contribution is -0.122. The van der Waals surface area contributed by atoms with Gasteiger partial charge in [-0.15, -0.1) is 0 Å². The van der Waals surface area contributed by atoms with Gasteiger partial charge in [-0.2, -0.15) is 0 Å². The predicted octanol–water partition coefficient (Wildman–Crippen LogP) is 1.13. The summed E-state index contributed by atoms with van der Waals surface area (Å²) in [5.41, 5.74) is 11.9. The fourth-order valence-corrected chi connectivity index (χ4v) is 2.46. The van der Waals surface area contributed by atoms with Gasteiger partial charge in [0, 0.05) is 23.8 Å². The molecule has 2 heterocycles. The second-order valence-corrected chi connectivity index (χ2v) is 5.17. The van der Waals surface area contributed by atoms with Crippen molar-refractivity contribution >= 4 is 33.3 Å². The van der Waals surface area contributed by atoms with E-state index in [2.05, 4.69) is 20.9 Å². The summed E-state index contributed by atoms with van der Waals surface area (Å²) in [4.78, 5) is 17.5. The molecular formula is C11H15BrN4O. The van der Waals surface area contributed by atoms with Gasteiger partial charge < -0.3 is 16.4 Å². The van der Waals surface area contributed by atoms with Crippen LogP contribution in [0, 0.1) is 5.92 Å². The number of hydrogen-bond donors (Lipinski definition) is 2. The van der Waals surface area contributed by atoms with E-state index in [0.717, 1.165) is 29.7 Å². The second-order valence-electron chi connectivity index (χ2n) is 4.25. The summed E-state index contributed by atoms with van der Waals surface area (Å²) in [7, 11) is 0. The van der Waals surface area contributed by atoms with Crippen molar-refractivity contribution in [2.24, 2.45) is 11.7 Å². The van der Waals surface area contributed by atoms with E-state index in [1.165, 1.54) is 0 Å². The fourth-order valence-electron chi connectivity index (χ4n) is 2.11. The number of pyridine rings is 1. The molecule has 1 aromatic rings. The lowest BCUT2D eigenvalue weighted by atomic mass is 9.97. The Morgan fingerprint density at radius 1 is 1.59 bits per heavy atom. The van der Waals surface area contributed by atoms with Crippen molar-refractivity contribution in [1.82, 2.24) is 4.98 Å². The van der Waals surface area contributed by atoms with Crippen molar-refractivity contribution in [2.45, 2.75) is 12.8 Å². The molecule has 1 amide bonds. The first-order valence-electron chi connectivity index (χ1n) is 5.53. The van der Waals surface area contributed by atoms with Gasteiger partial charge in [-0.05, 0) is 34.8 Å². The molecule has 4 N–H and O–H groups in total. The Bertz CT molecular complexity index is 437. The van der Waals surface area contributed by atoms with Crippen LogP contribution in [0.3, 0.4) is 0 Å². The first-order chi connectivity index (χ1) is 8.08. The summed E-state index contributed by atoms with van der Waals surface area (Å²) in [6.45, 7) is 1.47. The molecule has 92 valence electrons. The quantitative estimate of drug-likeness (QED) is 0.857. The molecule has 0 saturated carbocycles. The molecule has 1 unspecified atom stereocenters. The predicted molar refractivity (Wildman–Crippen MR) is 70.5 cm³/mol. The molecule has 0 bridgehead atoms. The molecule has 1 saturated heterocycles. The van der Waals surface area contributed by atoms with E-state index in [1.807, 2.05) is 11.0 Å². The maximum Gasteiger partial charge on any atom is 0.222 e. The minimum absolute atomic E-state index is 0.103. The number of piperidine rings is 1. The number of nitrogens with two attached hydrogens (primary N) is 2. The summed E-state index contributed by atoms with van der Waals surface area (Å²) in [5, 5.41) is 0. The van der Waals surface area contributed by atoms with Gasteiger partial charge in [0.25, 0.3) is 0 Å². The average Bonchev–Trinajstić information content (AvgIpc) is 2.29. The minimum atomic E-state index is -0.245. The zero-order chi connectivity index (χ0) is 12.4. The fraction of sp³-hybridized carbons (Fsp3) is 0.455. The van der Waals surface area contributed by atoms with E-state index in [4.69, 9.17) is 11.5 Å². The molecule has 0 radical (unpaired) electrons. The van der Waals surface area contributed by atoms with Gasteiger partial charge >= 0.3 is 0 Å². The molecule has 1 aromatic heterocycles. The molecule has 1 aliphatic heterocycles. The molecular weight excluding hydrogens is 284 g/mol. The third-order valence-corrected chi connectivity index (χ3v) is 3.42. The van der Waals surface area contributed by atoms with Crippen LogP contribution in [-0.4, -0.2) is 24.0 Å². The van der Waals surface area contributed by atoms with Crippen molar-refractivity contribution in [1.29, 1.82) is 0 Å². The van der Waals surface area contributed by atoms with Gasteiger partial charge in [-0.1, -0.05) is 0 Å². The van der Waals surface area contributed by atoms with E-state index in [1.54, 1.807) is 6.20 Å². The van der Waals surface area contributed by atoms with Gasteiger partial charge in [0.1, 0.15) is 0 Å². The van der Waals surface area contributed by atoms with Crippen molar-refractivity contribution in [3.8, 4) is 0 Å². The molecule has 2 rings (SSSR count). The third-order valence-electron chi connectivity index (χ3n) is 2.99. The maximum absolute atomic E-state index is 11.2. The highest BCUT2D eigenvalue weighted by Crippen LogP contribution is 2.27. The van der Waals surface area contributed by atoms with Crippen molar-refractivity contribution in [3.05, 3.63) is 16.7 Å². The maximum atomic E-state index is 11.2. The van der Waals surface area contributed by atoms with Crippen LogP contribution < -0.4 is 16.4 Å². The minimum Gasteiger partial charge on any atom is -0.396 e. The molecule has 17 heavy (non-hydrogen) atoms. The Hall–Kier alpha value is -1.30. The largest absolute Gasteiger partial charge is 0.396 e. The lowest BCUT2D eigenvalue weighted by Crippen LogP contribution is -2.41. The monoisotopic (exact) mass is 298 g/mol. The Kier molecular flexibility index (Phi) is 3.51. The number of amides is 1. The van der Waals surface area contributed by atoms with E-state index in [9.17, 15) is 4.79 Å². The molecule has 1 fully saturated rings. The standard InChI is InChI=1S/C11H15BrN4O/c12-8-4-9(13)11(15-5-8)16-3-1-2-7(6-16)10(14)17/h4-5,7H,1-3,6,13H2,(H2,14,17). The number of carbonyl (C=O) groups excluding carboxylic acids is 1. The normalized spacial score (nSPS) is 20.3. The van der Waals surface area contributed by atoms with Crippen LogP contribution in [0.25, 0.3) is 0 Å². The smallest absolute Gasteiger partial charge is 0.222 e. The van der Waals surface area contributed by atoms with Gasteiger partial charge in [-0.3, -0.25) is 4.79 Å². The number of primary amides is 1. The summed E-state index contributed by atoms with van der Waals surface area (Å²) in [6, 6.07) is 1.82. The van der Waals surface area contributed by atoms with Crippen LogP contribution >= 0.6 is 15.9 Å². The average molecular weight is 299 g/mol. The molecule has 1 aliphatic rings. The van der Waals surface area contributed by atoms with Crippen LogP contribution in [0.4, 0.5) is 11.5 Å². The number of nitrogen functional groups attached to an aromatic ring is 1. The number of hydrogen-bond acceptors (Lipinski definition) is 4. The van der Waals surface area contributed by atoms with Gasteiger partial charge in [0.05, 0.1) is 11.6 Å². The van der Waals surface area contributed by atoms with Crippen molar-refractivity contribution < 1.29 is 4.79 Å². The molecule has 0 spiro atoms. The Morgan fingerprint density at radius 2 is 2.35 bits per heavy atom. The zero-order valence-electron chi connectivity index (χ0n) is 9.40. The number of carbonyl (C=O) groups is 1. The summed E-state index contributed by atoms with van der Waals surface area (Å²) >= 11 is 3.32. The summed E-state index contributed by atoms with van der Waals surface area (Å²) < 4.78 is 0.849. The molecule has 6 heteroatoms. The van der Waals surface area contributed by atoms with Crippen LogP contribution in [0.2, 0.25) is 0 Å². The van der Waals surface area contributed by atoms with Gasteiger partial charge in [0.2, 0.25) is 5.91 Å². The first-order valence-corrected chi connectivity index (χ1v) is 6.32. The first kappa shape index (κ1) is 12.2. The van der Waals surface area contributed by atoms with Crippen LogP contribution in [0.1, 0.15) is 12.8 Å². The summed E-state index contributed by atoms with van der Waals surface area (Å²) in [6.07, 6.45) is 3.49. The lowest BCUT2D eigenvalue weighted by Gasteiger charge is -2.32. The highest BCUT2D eigenvalue weighted by molar-refractivity contribution is 9.10. The number of rotatable bonds is 2. The second kappa shape index (κ2) is 4.91. The van der Waals surface area contributed by atoms with Crippen molar-refractivity contribution in [3.63, 3.8) is 0 Å². The van der Waals surface area contributed by atoms with Crippen LogP contribution in [-0.2, 0) is 4.79 Å². The molecule has 0 aromatic carbocycles.